The van der Waals surface area contributed by atoms with Crippen LogP contribution in [0.3, 0.4) is 0 Å². The second kappa shape index (κ2) is 9.53. The summed E-state index contributed by atoms with van der Waals surface area (Å²) in [5.74, 6) is 0.391. The van der Waals surface area contributed by atoms with Crippen molar-refractivity contribution in [2.24, 2.45) is 11.3 Å². The molecule has 1 aromatic rings. The Labute approximate surface area is 183 Å². The standard InChI is InChI=1S/C23H33N3O5/c1-23(13-30-14-23)22(29)26-19(21(27)28)8-10-31-18-11-15(12-18)4-6-17-7-5-16-3-2-9-24-20(16)25-17/h5,7,15,18-19H,2-4,6,8-14H2,1H3,(H,24,25)(H,26,29)(H,27,28)/t15-,18-,19-/m0/s1. The van der Waals surface area contributed by atoms with Crippen LogP contribution in [0, 0.1) is 11.3 Å². The van der Waals surface area contributed by atoms with E-state index in [0.29, 0.717) is 25.7 Å². The summed E-state index contributed by atoms with van der Waals surface area (Å²) in [6.07, 6.45) is 6.81. The van der Waals surface area contributed by atoms with Crippen LogP contribution in [0.15, 0.2) is 12.1 Å². The van der Waals surface area contributed by atoms with Gasteiger partial charge in [-0.25, -0.2) is 9.78 Å². The number of ether oxygens (including phenoxy) is 2. The lowest BCUT2D eigenvalue weighted by Gasteiger charge is -2.37. The summed E-state index contributed by atoms with van der Waals surface area (Å²) in [6, 6.07) is 3.42. The van der Waals surface area contributed by atoms with E-state index in [2.05, 4.69) is 22.8 Å². The van der Waals surface area contributed by atoms with E-state index in [1.54, 1.807) is 6.92 Å². The van der Waals surface area contributed by atoms with Gasteiger partial charge in [0, 0.05) is 25.3 Å². The lowest BCUT2D eigenvalue weighted by atomic mass is 9.79. The molecule has 1 amide bonds. The molecule has 1 aromatic heterocycles. The molecule has 8 nitrogen and oxygen atoms in total. The summed E-state index contributed by atoms with van der Waals surface area (Å²) >= 11 is 0. The van der Waals surface area contributed by atoms with Crippen LogP contribution in [0.4, 0.5) is 5.82 Å². The van der Waals surface area contributed by atoms with Crippen LogP contribution in [0.2, 0.25) is 0 Å². The van der Waals surface area contributed by atoms with Crippen LogP contribution in [-0.2, 0) is 31.9 Å². The Hall–Kier alpha value is -2.19. The van der Waals surface area contributed by atoms with Crippen molar-refractivity contribution in [3.05, 3.63) is 23.4 Å². The van der Waals surface area contributed by atoms with Crippen molar-refractivity contribution in [3.63, 3.8) is 0 Å². The molecule has 170 valence electrons. The summed E-state index contributed by atoms with van der Waals surface area (Å²) in [7, 11) is 0. The van der Waals surface area contributed by atoms with E-state index < -0.39 is 17.4 Å². The third-order valence-electron chi connectivity index (χ3n) is 6.71. The number of nitrogens with one attached hydrogen (secondary N) is 2. The van der Waals surface area contributed by atoms with Gasteiger partial charge in [0.15, 0.2) is 0 Å². The number of amides is 1. The fourth-order valence-corrected chi connectivity index (χ4v) is 4.39. The highest BCUT2D eigenvalue weighted by molar-refractivity contribution is 5.87. The van der Waals surface area contributed by atoms with E-state index in [-0.39, 0.29) is 18.4 Å². The van der Waals surface area contributed by atoms with Crippen LogP contribution >= 0.6 is 0 Å². The number of carbonyl (C=O) groups is 2. The second-order valence-electron chi connectivity index (χ2n) is 9.42. The number of rotatable bonds is 10. The maximum Gasteiger partial charge on any atom is 0.326 e. The minimum Gasteiger partial charge on any atom is -0.480 e. The molecule has 2 aliphatic heterocycles. The monoisotopic (exact) mass is 431 g/mol. The molecule has 31 heavy (non-hydrogen) atoms. The smallest absolute Gasteiger partial charge is 0.326 e. The van der Waals surface area contributed by atoms with E-state index in [9.17, 15) is 14.7 Å². The number of nitrogens with zero attached hydrogens (tertiary/aromatic N) is 1. The van der Waals surface area contributed by atoms with Gasteiger partial charge in [-0.3, -0.25) is 4.79 Å². The highest BCUT2D eigenvalue weighted by atomic mass is 16.5. The van der Waals surface area contributed by atoms with E-state index in [1.165, 1.54) is 12.0 Å². The number of hydrogen-bond acceptors (Lipinski definition) is 6. The predicted octanol–water partition coefficient (Wildman–Crippen LogP) is 2.16. The number of anilines is 1. The van der Waals surface area contributed by atoms with Gasteiger partial charge in [0.2, 0.25) is 5.91 Å². The average Bonchev–Trinajstić information content (AvgIpc) is 2.71. The van der Waals surface area contributed by atoms with Crippen molar-refractivity contribution in [3.8, 4) is 0 Å². The minimum atomic E-state index is -1.03. The zero-order valence-corrected chi connectivity index (χ0v) is 18.2. The van der Waals surface area contributed by atoms with E-state index >= 15 is 0 Å². The lowest BCUT2D eigenvalue weighted by Crippen LogP contribution is -2.55. The maximum absolute atomic E-state index is 12.2. The second-order valence-corrected chi connectivity index (χ2v) is 9.42. The maximum atomic E-state index is 12.2. The molecule has 4 rings (SSSR count). The first kappa shape index (κ1) is 22.0. The predicted molar refractivity (Wildman–Crippen MR) is 115 cm³/mol. The molecule has 3 heterocycles. The van der Waals surface area contributed by atoms with Gasteiger partial charge < -0.3 is 25.2 Å². The molecule has 3 aliphatic rings. The average molecular weight is 432 g/mol. The van der Waals surface area contributed by atoms with Crippen molar-refractivity contribution in [1.82, 2.24) is 10.3 Å². The Morgan fingerprint density at radius 3 is 2.90 bits per heavy atom. The fourth-order valence-electron chi connectivity index (χ4n) is 4.39. The largest absolute Gasteiger partial charge is 0.480 e. The number of pyridine rings is 1. The number of carbonyl (C=O) groups excluding carboxylic acids is 1. The summed E-state index contributed by atoms with van der Waals surface area (Å²) in [6.45, 7) is 3.79. The van der Waals surface area contributed by atoms with Crippen LogP contribution < -0.4 is 10.6 Å². The Morgan fingerprint density at radius 1 is 1.39 bits per heavy atom. The fraction of sp³-hybridized carbons (Fsp3) is 0.696. The summed E-state index contributed by atoms with van der Waals surface area (Å²) < 4.78 is 10.9. The van der Waals surface area contributed by atoms with Gasteiger partial charge in [-0.1, -0.05) is 6.07 Å². The minimum absolute atomic E-state index is 0.186. The Balaban J connectivity index is 1.12. The number of aryl methyl sites for hydroxylation is 2. The lowest BCUT2D eigenvalue weighted by molar-refractivity contribution is -0.161. The topological polar surface area (TPSA) is 110 Å². The zero-order chi connectivity index (χ0) is 21.8. The Morgan fingerprint density at radius 2 is 2.19 bits per heavy atom. The first-order valence-corrected chi connectivity index (χ1v) is 11.4. The molecule has 1 saturated heterocycles. The number of carboxylic acids is 1. The number of carboxylic acid groups (broad SMARTS) is 1. The normalized spacial score (nSPS) is 24.7. The molecular formula is C23H33N3O5. The van der Waals surface area contributed by atoms with Crippen LogP contribution in [0.1, 0.15) is 50.3 Å². The molecular weight excluding hydrogens is 398 g/mol. The molecule has 0 radical (unpaired) electrons. The Bertz CT molecular complexity index is 804. The van der Waals surface area contributed by atoms with Gasteiger partial charge in [-0.2, -0.15) is 0 Å². The molecule has 0 unspecified atom stereocenters. The van der Waals surface area contributed by atoms with Crippen LogP contribution in [0.5, 0.6) is 0 Å². The molecule has 0 bridgehead atoms. The summed E-state index contributed by atoms with van der Waals surface area (Å²) in [5.41, 5.74) is 1.85. The molecule has 1 aliphatic carbocycles. The molecule has 8 heteroatoms. The number of aromatic nitrogens is 1. The van der Waals surface area contributed by atoms with Gasteiger partial charge in [-0.05, 0) is 63.0 Å². The number of fused-ring (bicyclic) bond motifs is 1. The molecule has 0 spiro atoms. The quantitative estimate of drug-likeness (QED) is 0.521. The van der Waals surface area contributed by atoms with Crippen molar-refractivity contribution >= 4 is 17.7 Å². The van der Waals surface area contributed by atoms with Gasteiger partial charge in [0.1, 0.15) is 11.9 Å². The highest BCUT2D eigenvalue weighted by Crippen LogP contribution is 2.34. The molecule has 0 aromatic carbocycles. The van der Waals surface area contributed by atoms with E-state index in [1.807, 2.05) is 0 Å². The molecule has 3 N–H and O–H groups in total. The van der Waals surface area contributed by atoms with Crippen molar-refractivity contribution in [1.29, 1.82) is 0 Å². The van der Waals surface area contributed by atoms with E-state index in [0.717, 1.165) is 50.2 Å². The Kier molecular flexibility index (Phi) is 6.77. The van der Waals surface area contributed by atoms with Gasteiger partial charge >= 0.3 is 5.97 Å². The first-order chi connectivity index (χ1) is 14.9. The summed E-state index contributed by atoms with van der Waals surface area (Å²) in [4.78, 5) is 28.5. The third kappa shape index (κ3) is 5.36. The summed E-state index contributed by atoms with van der Waals surface area (Å²) in [5, 5.41) is 15.4. The van der Waals surface area contributed by atoms with Crippen LogP contribution in [-0.4, -0.2) is 60.5 Å². The first-order valence-electron chi connectivity index (χ1n) is 11.4. The van der Waals surface area contributed by atoms with Crippen molar-refractivity contribution in [2.75, 3.05) is 31.7 Å². The van der Waals surface area contributed by atoms with Gasteiger partial charge in [0.05, 0.1) is 24.7 Å². The van der Waals surface area contributed by atoms with Crippen molar-refractivity contribution < 1.29 is 24.2 Å². The highest BCUT2D eigenvalue weighted by Gasteiger charge is 2.42. The van der Waals surface area contributed by atoms with Crippen molar-refractivity contribution in [2.45, 2.75) is 64.0 Å². The number of hydrogen-bond donors (Lipinski definition) is 3. The molecule has 1 atom stereocenters. The van der Waals surface area contributed by atoms with Gasteiger partial charge in [-0.15, -0.1) is 0 Å². The van der Waals surface area contributed by atoms with Gasteiger partial charge in [0.25, 0.3) is 0 Å². The molecule has 1 saturated carbocycles. The zero-order valence-electron chi connectivity index (χ0n) is 18.2. The molecule has 2 fully saturated rings. The van der Waals surface area contributed by atoms with Crippen LogP contribution in [0.25, 0.3) is 0 Å². The van der Waals surface area contributed by atoms with E-state index in [4.69, 9.17) is 14.5 Å². The number of aliphatic carboxylic acids is 1. The SMILES string of the molecule is CC1(C(=O)N[C@@H](CCO[C@H]2C[C@H](CCc3ccc4c(n3)NCCC4)C2)C(=O)O)COC1. The third-order valence-corrected chi connectivity index (χ3v) is 6.71.